The zero-order valence-corrected chi connectivity index (χ0v) is 19.2. The fourth-order valence-corrected chi connectivity index (χ4v) is 3.52. The van der Waals surface area contributed by atoms with Gasteiger partial charge in [0.05, 0.1) is 11.6 Å². The summed E-state index contributed by atoms with van der Waals surface area (Å²) in [6.07, 6.45) is 3.09. The highest BCUT2D eigenvalue weighted by molar-refractivity contribution is 6.42. The Morgan fingerprint density at radius 2 is 1.84 bits per heavy atom. The van der Waals surface area contributed by atoms with E-state index in [-0.39, 0.29) is 18.4 Å². The number of carbonyl (C=O) groups is 1. The Hall–Kier alpha value is -2.78. The SMILES string of the molecule is O=C(Nc1ncn(Cc2ccc(Cl)cc2Cl)n1)c1ccn(COc2cccc(Cl)c2Cl)n1. The Labute approximate surface area is 202 Å². The lowest BCUT2D eigenvalue weighted by molar-refractivity contribution is 0.101. The molecule has 4 rings (SSSR count). The standard InChI is InChI=1S/C20H14Cl4N6O2/c21-13-5-4-12(15(23)8-13)9-30-10-25-20(28-30)26-19(31)16-6-7-29(27-16)11-32-17-3-1-2-14(22)18(17)24/h1-8,10H,9,11H2,(H,26,28,31). The molecule has 2 aromatic heterocycles. The van der Waals surface area contributed by atoms with Crippen molar-refractivity contribution in [3.05, 3.63) is 86.3 Å². The third-order valence-electron chi connectivity index (χ3n) is 4.25. The van der Waals surface area contributed by atoms with Crippen LogP contribution in [-0.4, -0.2) is 30.5 Å². The number of nitrogens with zero attached hydrogens (tertiary/aromatic N) is 5. The molecule has 0 aliphatic rings. The lowest BCUT2D eigenvalue weighted by Crippen LogP contribution is -2.15. The predicted molar refractivity (Wildman–Crippen MR) is 123 cm³/mol. The van der Waals surface area contributed by atoms with Crippen LogP contribution in [0.15, 0.2) is 55.0 Å². The van der Waals surface area contributed by atoms with Gasteiger partial charge < -0.3 is 4.74 Å². The van der Waals surface area contributed by atoms with E-state index in [9.17, 15) is 4.79 Å². The van der Waals surface area contributed by atoms with Gasteiger partial charge in [-0.25, -0.2) is 14.3 Å². The van der Waals surface area contributed by atoms with Crippen molar-refractivity contribution in [2.45, 2.75) is 13.3 Å². The van der Waals surface area contributed by atoms with Crippen LogP contribution in [0.5, 0.6) is 5.75 Å². The number of amides is 1. The van der Waals surface area contributed by atoms with Crippen LogP contribution in [0.1, 0.15) is 16.1 Å². The van der Waals surface area contributed by atoms with Crippen LogP contribution in [0.2, 0.25) is 20.1 Å². The zero-order valence-electron chi connectivity index (χ0n) is 16.2. The molecular weight excluding hydrogens is 498 g/mol. The maximum atomic E-state index is 12.5. The van der Waals surface area contributed by atoms with Crippen LogP contribution < -0.4 is 10.1 Å². The van der Waals surface area contributed by atoms with E-state index in [0.717, 1.165) is 5.56 Å². The van der Waals surface area contributed by atoms with E-state index in [4.69, 9.17) is 51.1 Å². The van der Waals surface area contributed by atoms with Gasteiger partial charge in [-0.05, 0) is 35.9 Å². The van der Waals surface area contributed by atoms with Gasteiger partial charge in [-0.15, -0.1) is 5.10 Å². The average molecular weight is 512 g/mol. The number of rotatable bonds is 7. The predicted octanol–water partition coefficient (Wildman–Crippen LogP) is 5.43. The van der Waals surface area contributed by atoms with E-state index in [2.05, 4.69) is 20.5 Å². The molecule has 4 aromatic rings. The molecule has 0 bridgehead atoms. The van der Waals surface area contributed by atoms with E-state index in [0.29, 0.717) is 32.4 Å². The van der Waals surface area contributed by atoms with Crippen molar-refractivity contribution in [3.63, 3.8) is 0 Å². The van der Waals surface area contributed by atoms with Gasteiger partial charge in [-0.1, -0.05) is 58.5 Å². The van der Waals surface area contributed by atoms with Crippen LogP contribution in [0, 0.1) is 0 Å². The Bertz CT molecular complexity index is 1270. The lowest BCUT2D eigenvalue weighted by Gasteiger charge is -2.08. The van der Waals surface area contributed by atoms with E-state index >= 15 is 0 Å². The molecule has 32 heavy (non-hydrogen) atoms. The van der Waals surface area contributed by atoms with Crippen LogP contribution in [-0.2, 0) is 13.3 Å². The monoisotopic (exact) mass is 510 g/mol. The smallest absolute Gasteiger partial charge is 0.278 e. The largest absolute Gasteiger partial charge is 0.470 e. The van der Waals surface area contributed by atoms with Crippen molar-refractivity contribution in [1.29, 1.82) is 0 Å². The Kier molecular flexibility index (Phi) is 6.86. The lowest BCUT2D eigenvalue weighted by atomic mass is 10.2. The molecule has 0 radical (unpaired) electrons. The van der Waals surface area contributed by atoms with Gasteiger partial charge >= 0.3 is 0 Å². The summed E-state index contributed by atoms with van der Waals surface area (Å²) < 4.78 is 8.59. The molecule has 0 saturated carbocycles. The zero-order chi connectivity index (χ0) is 22.7. The van der Waals surface area contributed by atoms with Crippen molar-refractivity contribution in [3.8, 4) is 5.75 Å². The summed E-state index contributed by atoms with van der Waals surface area (Å²) in [7, 11) is 0. The first kappa shape index (κ1) is 22.4. The molecule has 1 amide bonds. The first-order valence-electron chi connectivity index (χ1n) is 9.14. The molecule has 0 atom stereocenters. The molecule has 0 aliphatic heterocycles. The van der Waals surface area contributed by atoms with Crippen LogP contribution in [0.25, 0.3) is 0 Å². The highest BCUT2D eigenvalue weighted by atomic mass is 35.5. The van der Waals surface area contributed by atoms with E-state index in [1.54, 1.807) is 53.3 Å². The van der Waals surface area contributed by atoms with Crippen molar-refractivity contribution in [1.82, 2.24) is 24.5 Å². The molecule has 0 fully saturated rings. The number of halogens is 4. The molecule has 164 valence electrons. The Morgan fingerprint density at radius 3 is 2.66 bits per heavy atom. The fraction of sp³-hybridized carbons (Fsp3) is 0.100. The summed E-state index contributed by atoms with van der Waals surface area (Å²) in [6.45, 7) is 0.416. The highest BCUT2D eigenvalue weighted by Crippen LogP contribution is 2.31. The second kappa shape index (κ2) is 9.79. The maximum Gasteiger partial charge on any atom is 0.278 e. The minimum Gasteiger partial charge on any atom is -0.470 e. The first-order chi connectivity index (χ1) is 15.4. The van der Waals surface area contributed by atoms with Gasteiger partial charge in [0.2, 0.25) is 5.95 Å². The van der Waals surface area contributed by atoms with Gasteiger partial charge in [0.15, 0.2) is 12.4 Å². The number of carbonyl (C=O) groups excluding carboxylic acids is 1. The average Bonchev–Trinajstić information content (AvgIpc) is 3.41. The molecule has 2 aromatic carbocycles. The normalized spacial score (nSPS) is 10.9. The molecule has 8 nitrogen and oxygen atoms in total. The first-order valence-corrected chi connectivity index (χ1v) is 10.7. The number of benzene rings is 2. The van der Waals surface area contributed by atoms with E-state index in [1.165, 1.54) is 11.0 Å². The summed E-state index contributed by atoms with van der Waals surface area (Å²) in [5.74, 6) is 0.0830. The van der Waals surface area contributed by atoms with Gasteiger partial charge in [-0.2, -0.15) is 5.10 Å². The second-order valence-corrected chi connectivity index (χ2v) is 8.15. The molecule has 0 unspecified atom stereocenters. The quantitative estimate of drug-likeness (QED) is 0.357. The van der Waals surface area contributed by atoms with Gasteiger partial charge in [-0.3, -0.25) is 10.1 Å². The summed E-state index contributed by atoms with van der Waals surface area (Å²) in [4.78, 5) is 16.6. The summed E-state index contributed by atoms with van der Waals surface area (Å²) in [5.41, 5.74) is 0.986. The van der Waals surface area contributed by atoms with Crippen molar-refractivity contribution >= 4 is 58.3 Å². The van der Waals surface area contributed by atoms with Crippen LogP contribution in [0.3, 0.4) is 0 Å². The van der Waals surface area contributed by atoms with Crippen LogP contribution >= 0.6 is 46.4 Å². The summed E-state index contributed by atoms with van der Waals surface area (Å²) >= 11 is 24.2. The van der Waals surface area contributed by atoms with Crippen molar-refractivity contribution < 1.29 is 9.53 Å². The highest BCUT2D eigenvalue weighted by Gasteiger charge is 2.14. The number of aromatic nitrogens is 5. The third-order valence-corrected chi connectivity index (χ3v) is 5.64. The number of hydrogen-bond donors (Lipinski definition) is 1. The maximum absolute atomic E-state index is 12.5. The minimum atomic E-state index is -0.466. The molecule has 0 aliphatic carbocycles. The second-order valence-electron chi connectivity index (χ2n) is 6.52. The molecule has 0 spiro atoms. The summed E-state index contributed by atoms with van der Waals surface area (Å²) in [6, 6.07) is 11.8. The van der Waals surface area contributed by atoms with E-state index in [1.807, 2.05) is 0 Å². The topological polar surface area (TPSA) is 86.9 Å². The molecular formula is C20H14Cl4N6O2. The van der Waals surface area contributed by atoms with E-state index < -0.39 is 5.91 Å². The summed E-state index contributed by atoms with van der Waals surface area (Å²) in [5, 5.41) is 12.8. The van der Waals surface area contributed by atoms with Gasteiger partial charge in [0.1, 0.15) is 17.1 Å². The van der Waals surface area contributed by atoms with Crippen LogP contribution in [0.4, 0.5) is 5.95 Å². The number of hydrogen-bond acceptors (Lipinski definition) is 5. The molecule has 1 N–H and O–H groups in total. The molecule has 2 heterocycles. The van der Waals surface area contributed by atoms with Crippen molar-refractivity contribution in [2.24, 2.45) is 0 Å². The Morgan fingerprint density at radius 1 is 1.00 bits per heavy atom. The Balaban J connectivity index is 1.35. The third kappa shape index (κ3) is 5.34. The number of ether oxygens (including phenoxy) is 1. The fourth-order valence-electron chi connectivity index (χ4n) is 2.70. The van der Waals surface area contributed by atoms with Gasteiger partial charge in [0, 0.05) is 16.2 Å². The molecule has 12 heteroatoms. The van der Waals surface area contributed by atoms with Gasteiger partial charge in [0.25, 0.3) is 5.91 Å². The number of nitrogens with one attached hydrogen (secondary N) is 1. The number of anilines is 1. The molecule has 0 saturated heterocycles. The minimum absolute atomic E-state index is 0.0437. The van der Waals surface area contributed by atoms with Crippen molar-refractivity contribution in [2.75, 3.05) is 5.32 Å².